The van der Waals surface area contributed by atoms with Gasteiger partial charge in [-0.15, -0.1) is 0 Å². The van der Waals surface area contributed by atoms with E-state index in [0.29, 0.717) is 22.4 Å². The summed E-state index contributed by atoms with van der Waals surface area (Å²) in [6.45, 7) is 7.41. The van der Waals surface area contributed by atoms with Gasteiger partial charge in [0, 0.05) is 0 Å². The van der Waals surface area contributed by atoms with E-state index >= 15 is 0 Å². The fourth-order valence-corrected chi connectivity index (χ4v) is 3.49. The highest BCUT2D eigenvalue weighted by Gasteiger charge is 2.34. The number of benzene rings is 2. The third kappa shape index (κ3) is 3.61. The van der Waals surface area contributed by atoms with Gasteiger partial charge in [0.25, 0.3) is 11.8 Å². The third-order valence-electron chi connectivity index (χ3n) is 4.39. The zero-order valence-electron chi connectivity index (χ0n) is 15.6. The topological polar surface area (TPSA) is 69.6 Å². The summed E-state index contributed by atoms with van der Waals surface area (Å²) in [7, 11) is 0. The van der Waals surface area contributed by atoms with Crippen molar-refractivity contribution in [1.29, 1.82) is 0 Å². The van der Waals surface area contributed by atoms with E-state index in [0.717, 1.165) is 11.1 Å². The fourth-order valence-electron chi connectivity index (χ4n) is 3.21. The van der Waals surface area contributed by atoms with Crippen molar-refractivity contribution in [2.75, 3.05) is 4.90 Å². The molecule has 5 nitrogen and oxygen atoms in total. The Morgan fingerprint density at radius 2 is 1.52 bits per heavy atom. The lowest BCUT2D eigenvalue weighted by atomic mass is 10.0. The molecule has 0 saturated carbocycles. The van der Waals surface area contributed by atoms with Crippen LogP contribution in [0.5, 0.6) is 5.75 Å². The highest BCUT2D eigenvalue weighted by atomic mass is 32.1. The number of hydrogen-bond donors (Lipinski definition) is 2. The lowest BCUT2D eigenvalue weighted by Gasteiger charge is -2.29. The first-order chi connectivity index (χ1) is 12.7. The van der Waals surface area contributed by atoms with Crippen molar-refractivity contribution in [1.82, 2.24) is 5.32 Å². The molecule has 1 saturated heterocycles. The maximum atomic E-state index is 13.1. The minimum atomic E-state index is -0.533. The molecule has 0 spiro atoms. The number of amides is 2. The maximum Gasteiger partial charge on any atom is 0.270 e. The van der Waals surface area contributed by atoms with Crippen LogP contribution in [0.1, 0.15) is 27.8 Å². The lowest BCUT2D eigenvalue weighted by Crippen LogP contribution is -2.54. The van der Waals surface area contributed by atoms with Crippen molar-refractivity contribution in [2.45, 2.75) is 27.7 Å². The fraction of sp³-hybridized carbons (Fsp3) is 0.190. The molecule has 3 rings (SSSR count). The predicted molar refractivity (Wildman–Crippen MR) is 110 cm³/mol. The molecular weight excluding hydrogens is 360 g/mol. The van der Waals surface area contributed by atoms with Crippen molar-refractivity contribution >= 4 is 40.9 Å². The van der Waals surface area contributed by atoms with Crippen LogP contribution in [0.15, 0.2) is 35.9 Å². The van der Waals surface area contributed by atoms with Gasteiger partial charge in [-0.3, -0.25) is 19.8 Å². The predicted octanol–water partition coefficient (Wildman–Crippen LogP) is 3.46. The van der Waals surface area contributed by atoms with Crippen LogP contribution < -0.4 is 10.2 Å². The van der Waals surface area contributed by atoms with Crippen molar-refractivity contribution in [3.8, 4) is 5.75 Å². The second kappa shape index (κ2) is 6.96. The molecule has 0 radical (unpaired) electrons. The largest absolute Gasteiger partial charge is 0.507 e. The van der Waals surface area contributed by atoms with Gasteiger partial charge in [-0.25, -0.2) is 0 Å². The number of rotatable bonds is 2. The highest BCUT2D eigenvalue weighted by molar-refractivity contribution is 7.80. The van der Waals surface area contributed by atoms with Gasteiger partial charge >= 0.3 is 0 Å². The normalized spacial score (nSPS) is 16.1. The van der Waals surface area contributed by atoms with Crippen LogP contribution in [0, 0.1) is 27.7 Å². The number of carbonyl (C=O) groups excluding carboxylic acids is 2. The smallest absolute Gasteiger partial charge is 0.270 e. The van der Waals surface area contributed by atoms with Gasteiger partial charge in [0.05, 0.1) is 5.69 Å². The third-order valence-corrected chi connectivity index (χ3v) is 4.68. The van der Waals surface area contributed by atoms with E-state index in [-0.39, 0.29) is 16.4 Å². The number of thiocarbonyl (C=S) groups is 1. The van der Waals surface area contributed by atoms with Gasteiger partial charge in [0.1, 0.15) is 11.3 Å². The van der Waals surface area contributed by atoms with E-state index in [4.69, 9.17) is 12.2 Å². The van der Waals surface area contributed by atoms with E-state index in [1.165, 1.54) is 11.0 Å². The summed E-state index contributed by atoms with van der Waals surface area (Å²) in [4.78, 5) is 26.8. The number of anilines is 1. The Labute approximate surface area is 163 Å². The zero-order valence-corrected chi connectivity index (χ0v) is 16.4. The first-order valence-corrected chi connectivity index (χ1v) is 8.88. The number of hydrogen-bond acceptors (Lipinski definition) is 4. The molecule has 2 aromatic rings. The van der Waals surface area contributed by atoms with Gasteiger partial charge in [-0.05, 0) is 98.1 Å². The first-order valence-electron chi connectivity index (χ1n) is 8.47. The Morgan fingerprint density at radius 1 is 0.963 bits per heavy atom. The minimum Gasteiger partial charge on any atom is -0.507 e. The number of phenols is 1. The average molecular weight is 380 g/mol. The Morgan fingerprint density at radius 3 is 2.07 bits per heavy atom. The van der Waals surface area contributed by atoms with E-state index < -0.39 is 11.8 Å². The summed E-state index contributed by atoms with van der Waals surface area (Å²) >= 11 is 5.24. The molecule has 2 N–H and O–H groups in total. The van der Waals surface area contributed by atoms with E-state index in [9.17, 15) is 14.7 Å². The summed E-state index contributed by atoms with van der Waals surface area (Å²) in [5, 5.41) is 12.6. The van der Waals surface area contributed by atoms with Gasteiger partial charge in [0.2, 0.25) is 0 Å². The van der Waals surface area contributed by atoms with Crippen molar-refractivity contribution in [3.05, 3.63) is 63.7 Å². The number of carbonyl (C=O) groups is 2. The van der Waals surface area contributed by atoms with Crippen LogP contribution in [0.25, 0.3) is 6.08 Å². The number of aromatic hydroxyl groups is 1. The Balaban J connectivity index is 2.07. The standard InChI is InChI=1S/C21H20N2O3S/c1-11-5-12(2)7-16(6-11)23-20(26)17(19(25)22-21(23)27)10-15-8-13(3)18(24)14(4)9-15/h5-10,24H,1-4H3,(H,22,25,27)/b17-10+. The van der Waals surface area contributed by atoms with Crippen LogP contribution >= 0.6 is 12.2 Å². The molecule has 2 amide bonds. The number of nitrogens with one attached hydrogen (secondary N) is 1. The summed E-state index contributed by atoms with van der Waals surface area (Å²) in [5.41, 5.74) is 4.60. The number of nitrogens with zero attached hydrogens (tertiary/aromatic N) is 1. The lowest BCUT2D eigenvalue weighted by molar-refractivity contribution is -0.122. The molecule has 1 aliphatic rings. The monoisotopic (exact) mass is 380 g/mol. The molecule has 6 heteroatoms. The zero-order chi connectivity index (χ0) is 19.9. The Kier molecular flexibility index (Phi) is 4.85. The molecule has 138 valence electrons. The van der Waals surface area contributed by atoms with Crippen LogP contribution in [0.2, 0.25) is 0 Å². The first kappa shape index (κ1) is 18.8. The summed E-state index contributed by atoms with van der Waals surface area (Å²) in [6.07, 6.45) is 1.52. The molecule has 1 aliphatic heterocycles. The summed E-state index contributed by atoms with van der Waals surface area (Å²) in [6, 6.07) is 9.15. The molecule has 0 aromatic heterocycles. The second-order valence-electron chi connectivity index (χ2n) is 6.81. The molecule has 0 atom stereocenters. The summed E-state index contributed by atoms with van der Waals surface area (Å²) < 4.78 is 0. The molecule has 1 heterocycles. The molecular formula is C21H20N2O3S. The van der Waals surface area contributed by atoms with Crippen LogP contribution in [0.3, 0.4) is 0 Å². The van der Waals surface area contributed by atoms with Crippen molar-refractivity contribution in [3.63, 3.8) is 0 Å². The van der Waals surface area contributed by atoms with Crippen LogP contribution in [0.4, 0.5) is 5.69 Å². The molecule has 0 unspecified atom stereocenters. The van der Waals surface area contributed by atoms with Gasteiger partial charge in [0.15, 0.2) is 5.11 Å². The van der Waals surface area contributed by atoms with Crippen LogP contribution in [-0.2, 0) is 9.59 Å². The van der Waals surface area contributed by atoms with Gasteiger partial charge in [-0.1, -0.05) is 6.07 Å². The molecule has 2 aromatic carbocycles. The molecule has 0 aliphatic carbocycles. The highest BCUT2D eigenvalue weighted by Crippen LogP contribution is 2.27. The second-order valence-corrected chi connectivity index (χ2v) is 7.19. The quantitative estimate of drug-likeness (QED) is 0.476. The Bertz CT molecular complexity index is 981. The SMILES string of the molecule is Cc1cc(C)cc(N2C(=O)/C(=C/c3cc(C)c(O)c(C)c3)C(=O)NC2=S)c1. The van der Waals surface area contributed by atoms with E-state index in [1.807, 2.05) is 32.0 Å². The van der Waals surface area contributed by atoms with Gasteiger partial charge < -0.3 is 5.11 Å². The molecule has 0 bridgehead atoms. The van der Waals surface area contributed by atoms with Crippen LogP contribution in [-0.4, -0.2) is 22.0 Å². The van der Waals surface area contributed by atoms with Crippen molar-refractivity contribution in [2.24, 2.45) is 0 Å². The molecule has 27 heavy (non-hydrogen) atoms. The number of phenolic OH excluding ortho intramolecular Hbond substituents is 1. The van der Waals surface area contributed by atoms with E-state index in [2.05, 4.69) is 5.32 Å². The Hall–Kier alpha value is -2.99. The average Bonchev–Trinajstić information content (AvgIpc) is 2.55. The minimum absolute atomic E-state index is 0.00718. The maximum absolute atomic E-state index is 13.1. The van der Waals surface area contributed by atoms with Gasteiger partial charge in [-0.2, -0.15) is 0 Å². The van der Waals surface area contributed by atoms with E-state index in [1.54, 1.807) is 26.0 Å². The number of aryl methyl sites for hydroxylation is 4. The van der Waals surface area contributed by atoms with Crippen molar-refractivity contribution < 1.29 is 14.7 Å². The molecule has 1 fully saturated rings. The summed E-state index contributed by atoms with van der Waals surface area (Å²) in [5.74, 6) is -0.805.